The molecule has 0 unspecified atom stereocenters. The van der Waals surface area contributed by atoms with Crippen molar-refractivity contribution in [2.45, 2.75) is 96.4 Å². The Balaban J connectivity index is 1.01. The Kier molecular flexibility index (Phi) is 17.9. The quantitative estimate of drug-likeness (QED) is 0.0374. The van der Waals surface area contributed by atoms with Crippen molar-refractivity contribution in [2.75, 3.05) is 19.8 Å². The van der Waals surface area contributed by atoms with Crippen molar-refractivity contribution in [1.29, 1.82) is 0 Å². The summed E-state index contributed by atoms with van der Waals surface area (Å²) in [6.07, 6.45) is 7.47. The van der Waals surface area contributed by atoms with Gasteiger partial charge in [-0.3, -0.25) is 0 Å². The van der Waals surface area contributed by atoms with Crippen LogP contribution < -0.4 is 18.9 Å². The van der Waals surface area contributed by atoms with Crippen molar-refractivity contribution >= 4 is 23.9 Å². The molecule has 1 aliphatic heterocycles. The molecule has 0 aliphatic carbocycles. The molecule has 6 rings (SSSR count). The molecule has 0 bridgehead atoms. The average Bonchev–Trinajstić information content (AvgIpc) is 3.32. The monoisotopic (exact) mass is 874 g/mol. The lowest BCUT2D eigenvalue weighted by atomic mass is 9.96. The van der Waals surface area contributed by atoms with Gasteiger partial charge in [0, 0.05) is 0 Å². The van der Waals surface area contributed by atoms with Gasteiger partial charge in [0.05, 0.1) is 41.6 Å². The highest BCUT2D eigenvalue weighted by molar-refractivity contribution is 5.93. The molecular formula is C52H55FO11. The van der Waals surface area contributed by atoms with Crippen LogP contribution in [0.25, 0.3) is 0 Å². The lowest BCUT2D eigenvalue weighted by molar-refractivity contribution is -0.140. The Hall–Kier alpha value is -6.53. The molecule has 0 spiro atoms. The molecule has 0 radical (unpaired) electrons. The maximum atomic E-state index is 13.7. The van der Waals surface area contributed by atoms with Crippen LogP contribution in [0.15, 0.2) is 121 Å². The summed E-state index contributed by atoms with van der Waals surface area (Å²) >= 11 is 0. The number of unbranched alkanes of at least 4 members (excludes halogenated alkanes) is 6. The van der Waals surface area contributed by atoms with Gasteiger partial charge in [-0.2, -0.15) is 0 Å². The van der Waals surface area contributed by atoms with E-state index in [0.29, 0.717) is 48.7 Å². The molecule has 5 aromatic rings. The molecule has 64 heavy (non-hydrogen) atoms. The molecule has 0 saturated carbocycles. The summed E-state index contributed by atoms with van der Waals surface area (Å²) in [5.74, 6) is -1.02. The zero-order valence-corrected chi connectivity index (χ0v) is 36.3. The molecule has 1 heterocycles. The van der Waals surface area contributed by atoms with Gasteiger partial charge in [0.15, 0.2) is 0 Å². The molecule has 11 nitrogen and oxygen atoms in total. The van der Waals surface area contributed by atoms with Crippen LogP contribution in [0.3, 0.4) is 0 Å². The molecule has 5 aromatic carbocycles. The van der Waals surface area contributed by atoms with Crippen molar-refractivity contribution in [3.8, 4) is 23.0 Å². The van der Waals surface area contributed by atoms with E-state index in [0.717, 1.165) is 44.1 Å². The summed E-state index contributed by atoms with van der Waals surface area (Å²) in [5.41, 5.74) is 1.82. The predicted octanol–water partition coefficient (Wildman–Crippen LogP) is 11.5. The van der Waals surface area contributed by atoms with Crippen LogP contribution >= 0.6 is 0 Å². The SMILES string of the molecule is CCCCCCOc1ccc(C(=O)Oc2ccc(C(=O)OC[C@H]3O[C@@H](c4ccc(F)cc4)CC[C@@H]3OC(=O)c3ccc(OC(=O)c4ccc(OCCCCCC)cc4)cc3)cc2)cc1. The lowest BCUT2D eigenvalue weighted by Gasteiger charge is -2.36. The van der Waals surface area contributed by atoms with Gasteiger partial charge in [-0.05, 0) is 140 Å². The maximum absolute atomic E-state index is 13.7. The Bertz CT molecular complexity index is 2240. The Morgan fingerprint density at radius 1 is 0.516 bits per heavy atom. The smallest absolute Gasteiger partial charge is 0.343 e. The van der Waals surface area contributed by atoms with Crippen molar-refractivity contribution in [2.24, 2.45) is 0 Å². The van der Waals surface area contributed by atoms with Gasteiger partial charge in [-0.1, -0.05) is 64.5 Å². The molecule has 12 heteroatoms. The maximum Gasteiger partial charge on any atom is 0.343 e. The standard InChI is InChI=1S/C52H55FO11/c1-3-5-7-9-33-58-42-23-13-38(14-24-42)50(55)61-44-27-17-37(18-28-44)49(54)60-35-48-47(32-31-46(63-48)36-11-21-41(53)22-12-36)64-52(57)40-19-29-45(30-20-40)62-51(56)39-15-25-43(26-16-39)59-34-10-8-6-4-2/h11-30,46-48H,3-10,31-35H2,1-2H3/t46-,47+,48-/m1/s1. The van der Waals surface area contributed by atoms with E-state index in [4.69, 9.17) is 33.2 Å². The summed E-state index contributed by atoms with van der Waals surface area (Å²) in [6.45, 7) is 5.28. The van der Waals surface area contributed by atoms with E-state index in [1.165, 1.54) is 73.5 Å². The first-order valence-corrected chi connectivity index (χ1v) is 22.1. The van der Waals surface area contributed by atoms with E-state index < -0.39 is 48.0 Å². The van der Waals surface area contributed by atoms with Gasteiger partial charge in [-0.25, -0.2) is 23.6 Å². The fourth-order valence-electron chi connectivity index (χ4n) is 6.98. The Morgan fingerprint density at radius 2 is 0.953 bits per heavy atom. The van der Waals surface area contributed by atoms with Crippen molar-refractivity contribution in [1.82, 2.24) is 0 Å². The van der Waals surface area contributed by atoms with Crippen LogP contribution in [0.4, 0.5) is 4.39 Å². The van der Waals surface area contributed by atoms with Crippen LogP contribution in [0.1, 0.15) is 131 Å². The minimum absolute atomic E-state index is 0.194. The highest BCUT2D eigenvalue weighted by Crippen LogP contribution is 2.34. The van der Waals surface area contributed by atoms with E-state index in [-0.39, 0.29) is 29.2 Å². The number of halogens is 1. The van der Waals surface area contributed by atoms with Crippen LogP contribution in [-0.2, 0) is 14.2 Å². The zero-order valence-electron chi connectivity index (χ0n) is 36.3. The minimum Gasteiger partial charge on any atom is -0.494 e. The third-order valence-corrected chi connectivity index (χ3v) is 10.7. The molecular weight excluding hydrogens is 820 g/mol. The number of benzene rings is 5. The van der Waals surface area contributed by atoms with Gasteiger partial charge in [0.2, 0.25) is 0 Å². The topological polar surface area (TPSA) is 133 Å². The second-order valence-corrected chi connectivity index (χ2v) is 15.5. The number of carbonyl (C=O) groups is 4. The fraction of sp³-hybridized carbons (Fsp3) is 0.346. The largest absolute Gasteiger partial charge is 0.494 e. The molecule has 1 aliphatic rings. The molecule has 1 saturated heterocycles. The van der Waals surface area contributed by atoms with E-state index >= 15 is 0 Å². The molecule has 0 amide bonds. The van der Waals surface area contributed by atoms with Crippen LogP contribution in [-0.4, -0.2) is 55.9 Å². The van der Waals surface area contributed by atoms with Crippen molar-refractivity contribution < 1.29 is 56.7 Å². The highest BCUT2D eigenvalue weighted by Gasteiger charge is 2.36. The third-order valence-electron chi connectivity index (χ3n) is 10.7. The molecule has 3 atom stereocenters. The normalized spacial score (nSPS) is 15.7. The first kappa shape index (κ1) is 47.0. The number of carbonyl (C=O) groups excluding carboxylic acids is 4. The predicted molar refractivity (Wildman–Crippen MR) is 238 cm³/mol. The number of hydrogen-bond donors (Lipinski definition) is 0. The van der Waals surface area contributed by atoms with E-state index in [1.54, 1.807) is 60.7 Å². The van der Waals surface area contributed by atoms with Crippen LogP contribution in [0.5, 0.6) is 23.0 Å². The van der Waals surface area contributed by atoms with Crippen LogP contribution in [0.2, 0.25) is 0 Å². The van der Waals surface area contributed by atoms with E-state index in [2.05, 4.69) is 13.8 Å². The summed E-state index contributed by atoms with van der Waals surface area (Å²) < 4.78 is 54.2. The first-order chi connectivity index (χ1) is 31.2. The van der Waals surface area contributed by atoms with Crippen LogP contribution in [0, 0.1) is 5.82 Å². The summed E-state index contributed by atoms with van der Waals surface area (Å²) in [5, 5.41) is 0. The van der Waals surface area contributed by atoms with Gasteiger partial charge in [-0.15, -0.1) is 0 Å². The van der Waals surface area contributed by atoms with E-state index in [9.17, 15) is 23.6 Å². The zero-order chi connectivity index (χ0) is 45.1. The van der Waals surface area contributed by atoms with Gasteiger partial charge in [0.25, 0.3) is 0 Å². The second kappa shape index (κ2) is 24.4. The molecule has 0 aromatic heterocycles. The lowest BCUT2D eigenvalue weighted by Crippen LogP contribution is -2.42. The van der Waals surface area contributed by atoms with Gasteiger partial charge >= 0.3 is 23.9 Å². The summed E-state index contributed by atoms with van der Waals surface area (Å²) in [4.78, 5) is 52.3. The Morgan fingerprint density at radius 3 is 1.42 bits per heavy atom. The van der Waals surface area contributed by atoms with Gasteiger partial charge < -0.3 is 33.2 Å². The summed E-state index contributed by atoms with van der Waals surface area (Å²) in [7, 11) is 0. The number of hydrogen-bond acceptors (Lipinski definition) is 11. The molecule has 1 fully saturated rings. The number of ether oxygens (including phenoxy) is 7. The van der Waals surface area contributed by atoms with Crippen molar-refractivity contribution in [3.63, 3.8) is 0 Å². The highest BCUT2D eigenvalue weighted by atomic mass is 19.1. The van der Waals surface area contributed by atoms with E-state index in [1.807, 2.05) is 0 Å². The average molecular weight is 875 g/mol. The fourth-order valence-corrected chi connectivity index (χ4v) is 6.98. The minimum atomic E-state index is -0.868. The Labute approximate surface area is 373 Å². The molecule has 336 valence electrons. The third kappa shape index (κ3) is 14.2. The second-order valence-electron chi connectivity index (χ2n) is 15.5. The van der Waals surface area contributed by atoms with Crippen molar-refractivity contribution in [3.05, 3.63) is 155 Å². The van der Waals surface area contributed by atoms with Gasteiger partial charge in [0.1, 0.15) is 47.6 Å². The molecule has 0 N–H and O–H groups in total. The number of rotatable bonds is 22. The summed E-state index contributed by atoms with van der Waals surface area (Å²) in [6, 6.07) is 31.3. The first-order valence-electron chi connectivity index (χ1n) is 22.1. The number of esters is 4.